The van der Waals surface area contributed by atoms with Crippen LogP contribution in [0, 0.1) is 0 Å². The molecule has 4 heteroatoms. The number of nitrogens with zero attached hydrogens (tertiary/aromatic N) is 1. The van der Waals surface area contributed by atoms with Crippen LogP contribution in [0.25, 0.3) is 0 Å². The molecule has 1 N–H and O–H groups in total. The monoisotopic (exact) mass is 415 g/mol. The Morgan fingerprint density at radius 2 is 1.40 bits per heavy atom. The molecule has 168 valence electrons. The molecule has 0 heterocycles. The SMILES string of the molecule is O=C(OC1CCCCCCC1)C(CCCCCCCCCCc1ccccc1)=NO. The van der Waals surface area contributed by atoms with E-state index in [1.54, 1.807) is 0 Å². The first kappa shape index (κ1) is 24.4. The molecule has 0 amide bonds. The van der Waals surface area contributed by atoms with Crippen LogP contribution in [0.2, 0.25) is 0 Å². The number of esters is 1. The number of ether oxygens (including phenoxy) is 1. The summed E-state index contributed by atoms with van der Waals surface area (Å²) in [4.78, 5) is 12.3. The summed E-state index contributed by atoms with van der Waals surface area (Å²) in [5, 5.41) is 12.4. The second kappa shape index (κ2) is 15.9. The molecule has 1 aliphatic carbocycles. The molecule has 1 saturated carbocycles. The smallest absolute Gasteiger partial charge is 0.356 e. The highest BCUT2D eigenvalue weighted by Gasteiger charge is 2.20. The lowest BCUT2D eigenvalue weighted by molar-refractivity contribution is -0.141. The van der Waals surface area contributed by atoms with Gasteiger partial charge in [0.1, 0.15) is 6.10 Å². The van der Waals surface area contributed by atoms with Gasteiger partial charge < -0.3 is 9.94 Å². The van der Waals surface area contributed by atoms with E-state index in [9.17, 15) is 10.0 Å². The Kier molecular flexibility index (Phi) is 13.0. The third-order valence-corrected chi connectivity index (χ3v) is 6.15. The van der Waals surface area contributed by atoms with E-state index in [2.05, 4.69) is 35.5 Å². The number of rotatable bonds is 13. The standard InChI is InChI=1S/C26H41NO3/c28-26(30-24-20-14-7-5-8-15-21-24)25(27-29)22-16-9-4-2-1-3-6-11-17-23-18-12-10-13-19-23/h10,12-13,18-19,24,29H,1-9,11,14-17,20-22H2. The first-order chi connectivity index (χ1) is 14.8. The molecule has 0 radical (unpaired) electrons. The summed E-state index contributed by atoms with van der Waals surface area (Å²) in [6.07, 6.45) is 19.1. The van der Waals surface area contributed by atoms with Gasteiger partial charge in [0.15, 0.2) is 5.71 Å². The zero-order valence-corrected chi connectivity index (χ0v) is 18.7. The van der Waals surface area contributed by atoms with Gasteiger partial charge in [-0.25, -0.2) is 4.79 Å². The molecule has 0 unspecified atom stereocenters. The average Bonchev–Trinajstić information content (AvgIpc) is 2.74. The first-order valence-electron chi connectivity index (χ1n) is 12.3. The highest BCUT2D eigenvalue weighted by Crippen LogP contribution is 2.20. The highest BCUT2D eigenvalue weighted by molar-refractivity contribution is 6.36. The molecule has 0 aromatic heterocycles. The Bertz CT molecular complexity index is 592. The van der Waals surface area contributed by atoms with Crippen molar-refractivity contribution < 1.29 is 14.7 Å². The number of oxime groups is 1. The lowest BCUT2D eigenvalue weighted by Gasteiger charge is -2.20. The van der Waals surface area contributed by atoms with Crippen LogP contribution in [0.4, 0.5) is 0 Å². The number of carbonyl (C=O) groups excluding carboxylic acids is 1. The van der Waals surface area contributed by atoms with E-state index in [0.717, 1.165) is 38.5 Å². The summed E-state index contributed by atoms with van der Waals surface area (Å²) in [5.74, 6) is -0.415. The van der Waals surface area contributed by atoms with Gasteiger partial charge in [-0.3, -0.25) is 0 Å². The second-order valence-corrected chi connectivity index (χ2v) is 8.73. The van der Waals surface area contributed by atoms with E-state index in [-0.39, 0.29) is 11.8 Å². The van der Waals surface area contributed by atoms with E-state index < -0.39 is 5.97 Å². The predicted octanol–water partition coefficient (Wildman–Crippen LogP) is 7.23. The Labute approximate surface area is 183 Å². The van der Waals surface area contributed by atoms with Crippen LogP contribution in [0.15, 0.2) is 35.5 Å². The van der Waals surface area contributed by atoms with Crippen molar-refractivity contribution in [2.24, 2.45) is 5.16 Å². The van der Waals surface area contributed by atoms with Gasteiger partial charge in [-0.15, -0.1) is 0 Å². The maximum Gasteiger partial charge on any atom is 0.356 e. The Morgan fingerprint density at radius 3 is 2.03 bits per heavy atom. The molecule has 1 fully saturated rings. The van der Waals surface area contributed by atoms with Crippen molar-refractivity contribution in [2.75, 3.05) is 0 Å². The van der Waals surface area contributed by atoms with Crippen LogP contribution in [0.5, 0.6) is 0 Å². The van der Waals surface area contributed by atoms with Gasteiger partial charge in [-0.2, -0.15) is 0 Å². The van der Waals surface area contributed by atoms with E-state index in [1.165, 1.54) is 69.8 Å². The van der Waals surface area contributed by atoms with Crippen molar-refractivity contribution in [3.8, 4) is 0 Å². The van der Waals surface area contributed by atoms with Crippen LogP contribution in [-0.4, -0.2) is 23.0 Å². The van der Waals surface area contributed by atoms with E-state index in [0.29, 0.717) is 6.42 Å². The Balaban J connectivity index is 1.46. The summed E-state index contributed by atoms with van der Waals surface area (Å²) in [6, 6.07) is 10.7. The number of carbonyl (C=O) groups is 1. The van der Waals surface area contributed by atoms with Crippen molar-refractivity contribution in [2.45, 2.75) is 115 Å². The van der Waals surface area contributed by atoms with Crippen molar-refractivity contribution in [3.63, 3.8) is 0 Å². The fourth-order valence-electron chi connectivity index (χ4n) is 4.28. The Hall–Kier alpha value is -1.84. The average molecular weight is 416 g/mol. The van der Waals surface area contributed by atoms with Gasteiger partial charge in [0.25, 0.3) is 0 Å². The largest absolute Gasteiger partial charge is 0.458 e. The topological polar surface area (TPSA) is 58.9 Å². The minimum atomic E-state index is -0.415. The molecular weight excluding hydrogens is 374 g/mol. The number of benzene rings is 1. The maximum atomic E-state index is 12.3. The summed E-state index contributed by atoms with van der Waals surface area (Å²) in [6.45, 7) is 0. The van der Waals surface area contributed by atoms with Crippen LogP contribution in [0.1, 0.15) is 108 Å². The number of aryl methyl sites for hydroxylation is 1. The minimum Gasteiger partial charge on any atom is -0.458 e. The summed E-state index contributed by atoms with van der Waals surface area (Å²) >= 11 is 0. The molecule has 0 bridgehead atoms. The third-order valence-electron chi connectivity index (χ3n) is 6.15. The molecule has 0 atom stereocenters. The van der Waals surface area contributed by atoms with E-state index in [1.807, 2.05) is 0 Å². The van der Waals surface area contributed by atoms with Crippen LogP contribution < -0.4 is 0 Å². The van der Waals surface area contributed by atoms with Crippen molar-refractivity contribution in [1.82, 2.24) is 0 Å². The molecule has 30 heavy (non-hydrogen) atoms. The molecule has 0 spiro atoms. The first-order valence-corrected chi connectivity index (χ1v) is 12.3. The van der Waals surface area contributed by atoms with Crippen LogP contribution in [0.3, 0.4) is 0 Å². The fourth-order valence-corrected chi connectivity index (χ4v) is 4.28. The zero-order chi connectivity index (χ0) is 21.3. The Morgan fingerprint density at radius 1 is 0.833 bits per heavy atom. The molecule has 0 saturated heterocycles. The molecule has 2 rings (SSSR count). The normalized spacial score (nSPS) is 16.1. The van der Waals surface area contributed by atoms with Gasteiger partial charge >= 0.3 is 5.97 Å². The lowest BCUT2D eigenvalue weighted by Crippen LogP contribution is -2.25. The molecule has 4 nitrogen and oxygen atoms in total. The second-order valence-electron chi connectivity index (χ2n) is 8.73. The highest BCUT2D eigenvalue weighted by atomic mass is 16.5. The van der Waals surface area contributed by atoms with E-state index in [4.69, 9.17) is 4.74 Å². The quantitative estimate of drug-likeness (QED) is 0.122. The fraction of sp³-hybridized carbons (Fsp3) is 0.692. The van der Waals surface area contributed by atoms with Crippen molar-refractivity contribution in [3.05, 3.63) is 35.9 Å². The molecule has 1 aliphatic rings. The number of unbranched alkanes of at least 4 members (excludes halogenated alkanes) is 7. The summed E-state index contributed by atoms with van der Waals surface area (Å²) < 4.78 is 5.62. The summed E-state index contributed by atoms with van der Waals surface area (Å²) in [5.41, 5.74) is 1.63. The minimum absolute atomic E-state index is 0.00330. The van der Waals surface area contributed by atoms with Gasteiger partial charge in [-0.1, -0.05) is 93.3 Å². The van der Waals surface area contributed by atoms with Gasteiger partial charge in [0, 0.05) is 6.42 Å². The zero-order valence-electron chi connectivity index (χ0n) is 18.7. The van der Waals surface area contributed by atoms with Gasteiger partial charge in [-0.05, 0) is 50.5 Å². The van der Waals surface area contributed by atoms with Crippen LogP contribution in [-0.2, 0) is 16.0 Å². The third kappa shape index (κ3) is 10.8. The molecule has 0 aliphatic heterocycles. The maximum absolute atomic E-state index is 12.3. The summed E-state index contributed by atoms with van der Waals surface area (Å²) in [7, 11) is 0. The number of hydrogen-bond acceptors (Lipinski definition) is 4. The van der Waals surface area contributed by atoms with Crippen LogP contribution >= 0.6 is 0 Å². The molecule has 1 aromatic rings. The molecular formula is C26H41NO3. The van der Waals surface area contributed by atoms with Crippen molar-refractivity contribution in [1.29, 1.82) is 0 Å². The van der Waals surface area contributed by atoms with Gasteiger partial charge in [0.05, 0.1) is 0 Å². The van der Waals surface area contributed by atoms with Gasteiger partial charge in [0.2, 0.25) is 0 Å². The predicted molar refractivity (Wildman–Crippen MR) is 123 cm³/mol. The van der Waals surface area contributed by atoms with Crippen molar-refractivity contribution >= 4 is 11.7 Å². The molecule has 1 aromatic carbocycles. The van der Waals surface area contributed by atoms with E-state index >= 15 is 0 Å². The lowest BCUT2D eigenvalue weighted by atomic mass is 9.98. The number of hydrogen-bond donors (Lipinski definition) is 1.